The van der Waals surface area contributed by atoms with Crippen molar-refractivity contribution in [3.8, 4) is 34.3 Å². The Morgan fingerprint density at radius 1 is 0.762 bits per heavy atom. The fourth-order valence-electron chi connectivity index (χ4n) is 4.76. The summed E-state index contributed by atoms with van der Waals surface area (Å²) < 4.78 is 27.5. The summed E-state index contributed by atoms with van der Waals surface area (Å²) in [5.41, 5.74) is -0.583. The van der Waals surface area contributed by atoms with Crippen LogP contribution in [-0.2, 0) is 9.47 Å². The number of rotatable bonds is 6. The molecule has 0 aliphatic carbocycles. The van der Waals surface area contributed by atoms with Crippen molar-refractivity contribution in [3.63, 3.8) is 0 Å². The molecule has 0 radical (unpaired) electrons. The third-order valence-corrected chi connectivity index (χ3v) is 7.18. The first-order valence-corrected chi connectivity index (χ1v) is 12.9. The van der Waals surface area contributed by atoms with Crippen LogP contribution in [0.4, 0.5) is 0 Å². The van der Waals surface area contributed by atoms with E-state index in [1.54, 1.807) is 0 Å². The Hall–Kier alpha value is -3.51. The zero-order valence-electron chi connectivity index (χ0n) is 21.9. The number of aliphatic hydroxyl groups excluding tert-OH is 7. The first kappa shape index (κ1) is 30.0. The van der Waals surface area contributed by atoms with Crippen molar-refractivity contribution >= 4 is 11.0 Å². The number of fused-ring (bicyclic) bond motifs is 1. The average Bonchev–Trinajstić information content (AvgIpc) is 2.95. The second kappa shape index (κ2) is 11.6. The first-order chi connectivity index (χ1) is 19.9. The molecule has 3 heterocycles. The highest BCUT2D eigenvalue weighted by atomic mass is 16.7. The van der Waals surface area contributed by atoms with Crippen LogP contribution < -0.4 is 14.9 Å². The summed E-state index contributed by atoms with van der Waals surface area (Å²) in [6, 6.07) is 7.23. The summed E-state index contributed by atoms with van der Waals surface area (Å²) >= 11 is 0. The van der Waals surface area contributed by atoms with Gasteiger partial charge >= 0.3 is 0 Å². The Morgan fingerprint density at radius 3 is 2.10 bits per heavy atom. The fourth-order valence-corrected chi connectivity index (χ4v) is 4.76. The van der Waals surface area contributed by atoms with Gasteiger partial charge in [-0.1, -0.05) is 0 Å². The lowest BCUT2D eigenvalue weighted by Gasteiger charge is -2.39. The van der Waals surface area contributed by atoms with E-state index in [4.69, 9.17) is 23.4 Å². The lowest BCUT2D eigenvalue weighted by molar-refractivity contribution is -0.277. The van der Waals surface area contributed by atoms with E-state index in [0.717, 1.165) is 12.1 Å². The van der Waals surface area contributed by atoms with Crippen LogP contribution in [0, 0.1) is 0 Å². The summed E-state index contributed by atoms with van der Waals surface area (Å²) in [6.07, 6.45) is -14.6. The van der Waals surface area contributed by atoms with E-state index in [1.807, 2.05) is 0 Å². The quantitative estimate of drug-likeness (QED) is 0.154. The van der Waals surface area contributed by atoms with E-state index < -0.39 is 84.9 Å². The van der Waals surface area contributed by atoms with Crippen molar-refractivity contribution in [3.05, 3.63) is 46.6 Å². The molecule has 2 fully saturated rings. The number of phenolic OH excluding ortho intramolecular Hbond substituents is 2. The van der Waals surface area contributed by atoms with Gasteiger partial charge in [0.15, 0.2) is 16.9 Å². The van der Waals surface area contributed by atoms with Crippen LogP contribution in [0.3, 0.4) is 0 Å². The van der Waals surface area contributed by atoms with Gasteiger partial charge in [-0.25, -0.2) is 0 Å². The van der Waals surface area contributed by atoms with Crippen molar-refractivity contribution in [2.45, 2.75) is 68.3 Å². The average molecular weight is 595 g/mol. The third-order valence-electron chi connectivity index (χ3n) is 7.18. The van der Waals surface area contributed by atoms with Gasteiger partial charge in [-0.3, -0.25) is 4.79 Å². The molecular weight excluding hydrogens is 564 g/mol. The molecule has 15 heteroatoms. The molecule has 1 aromatic heterocycles. The van der Waals surface area contributed by atoms with Crippen LogP contribution in [0.1, 0.15) is 6.92 Å². The number of benzene rings is 2. The Bertz CT molecular complexity index is 1490. The highest BCUT2D eigenvalue weighted by Crippen LogP contribution is 2.37. The number of hydrogen-bond donors (Lipinski definition) is 9. The SMILES string of the molecule is C[C@H]1OC(Oc2cc(O)c3c(=O)cc(-c4ccc(OC5O[C@H](CO)[C@@H](O)[C@H](O)[C@H]5O)c(O)c4)oc3c2)[C@H](O)[C@@H](O)[C@H]1O. The van der Waals surface area contributed by atoms with Crippen molar-refractivity contribution in [1.29, 1.82) is 0 Å². The predicted octanol–water partition coefficient (Wildman–Crippen LogP) is -1.74. The summed E-state index contributed by atoms with van der Waals surface area (Å²) in [5, 5.41) is 90.4. The molecule has 228 valence electrons. The molecule has 2 saturated heterocycles. The Kier molecular flexibility index (Phi) is 8.30. The molecule has 2 aromatic carbocycles. The topological polar surface area (TPSA) is 249 Å². The van der Waals surface area contributed by atoms with Gasteiger partial charge in [0, 0.05) is 23.8 Å². The van der Waals surface area contributed by atoms with Crippen molar-refractivity contribution in [1.82, 2.24) is 0 Å². The second-order valence-electron chi connectivity index (χ2n) is 10.1. The third kappa shape index (κ3) is 5.49. The van der Waals surface area contributed by atoms with Gasteiger partial charge in [0.25, 0.3) is 0 Å². The molecule has 15 nitrogen and oxygen atoms in total. The minimum atomic E-state index is -1.71. The molecule has 2 aliphatic heterocycles. The Morgan fingerprint density at radius 2 is 1.43 bits per heavy atom. The molecule has 10 atom stereocenters. The van der Waals surface area contributed by atoms with Gasteiger partial charge in [-0.15, -0.1) is 0 Å². The normalized spacial score (nSPS) is 33.4. The summed E-state index contributed by atoms with van der Waals surface area (Å²) in [6.45, 7) is 0.798. The standard InChI is InChI=1S/C27H30O15/c1-9-20(32)22(34)24(36)26(38-9)39-11-5-13(30)19-14(31)7-16(40-17(19)6-11)10-2-3-15(12(29)4-10)41-27-25(37)23(35)21(33)18(8-28)42-27/h2-7,9,18,20-30,32-37H,8H2,1H3/t9-,18-,20+,21-,22+,23+,24-,25-,26?,27?/m1/s1. The van der Waals surface area contributed by atoms with E-state index in [-0.39, 0.29) is 33.8 Å². The van der Waals surface area contributed by atoms with Crippen LogP contribution in [-0.4, -0.2) is 114 Å². The Labute approximate surface area is 236 Å². The number of hydrogen-bond acceptors (Lipinski definition) is 15. The smallest absolute Gasteiger partial charge is 0.229 e. The molecule has 0 bridgehead atoms. The van der Waals surface area contributed by atoms with E-state index in [1.165, 1.54) is 31.2 Å². The van der Waals surface area contributed by atoms with E-state index in [9.17, 15) is 50.8 Å². The van der Waals surface area contributed by atoms with Crippen molar-refractivity contribution in [2.75, 3.05) is 6.61 Å². The predicted molar refractivity (Wildman–Crippen MR) is 139 cm³/mol. The van der Waals surface area contributed by atoms with E-state index in [2.05, 4.69) is 0 Å². The van der Waals surface area contributed by atoms with Gasteiger partial charge < -0.3 is 69.3 Å². The number of aromatic hydroxyl groups is 2. The molecule has 42 heavy (non-hydrogen) atoms. The molecule has 5 rings (SSSR count). The van der Waals surface area contributed by atoms with Crippen LogP contribution in [0.25, 0.3) is 22.3 Å². The summed E-state index contributed by atoms with van der Waals surface area (Å²) in [4.78, 5) is 12.9. The maximum absolute atomic E-state index is 12.9. The molecule has 2 aliphatic rings. The van der Waals surface area contributed by atoms with Crippen molar-refractivity contribution < 1.29 is 69.3 Å². The monoisotopic (exact) mass is 594 g/mol. The molecule has 3 aromatic rings. The molecule has 0 saturated carbocycles. The lowest BCUT2D eigenvalue weighted by Crippen LogP contribution is -2.60. The van der Waals surface area contributed by atoms with Gasteiger partial charge in [-0.2, -0.15) is 0 Å². The van der Waals surface area contributed by atoms with Crippen LogP contribution in [0.2, 0.25) is 0 Å². The number of ether oxygens (including phenoxy) is 4. The number of aliphatic hydroxyl groups is 7. The van der Waals surface area contributed by atoms with Crippen LogP contribution in [0.5, 0.6) is 23.0 Å². The second-order valence-corrected chi connectivity index (χ2v) is 10.1. The van der Waals surface area contributed by atoms with Gasteiger partial charge in [0.1, 0.15) is 71.0 Å². The minimum Gasteiger partial charge on any atom is -0.507 e. The molecular formula is C27H30O15. The highest BCUT2D eigenvalue weighted by molar-refractivity contribution is 5.86. The van der Waals surface area contributed by atoms with E-state index in [0.29, 0.717) is 0 Å². The zero-order chi connectivity index (χ0) is 30.5. The maximum Gasteiger partial charge on any atom is 0.229 e. The Balaban J connectivity index is 1.41. The van der Waals surface area contributed by atoms with Gasteiger partial charge in [0.05, 0.1) is 12.7 Å². The highest BCUT2D eigenvalue weighted by Gasteiger charge is 2.45. The van der Waals surface area contributed by atoms with Crippen LogP contribution in [0.15, 0.2) is 45.6 Å². The maximum atomic E-state index is 12.9. The molecule has 0 spiro atoms. The molecule has 2 unspecified atom stereocenters. The first-order valence-electron chi connectivity index (χ1n) is 12.9. The zero-order valence-corrected chi connectivity index (χ0v) is 21.9. The fraction of sp³-hybridized carbons (Fsp3) is 0.444. The molecule has 0 amide bonds. The number of phenols is 2. The lowest BCUT2D eigenvalue weighted by atomic mass is 9.99. The van der Waals surface area contributed by atoms with Gasteiger partial charge in [-0.05, 0) is 25.1 Å². The van der Waals surface area contributed by atoms with Crippen molar-refractivity contribution in [2.24, 2.45) is 0 Å². The summed E-state index contributed by atoms with van der Waals surface area (Å²) in [5.74, 6) is -1.32. The van der Waals surface area contributed by atoms with Gasteiger partial charge in [0.2, 0.25) is 12.6 Å². The van der Waals surface area contributed by atoms with Crippen LogP contribution >= 0.6 is 0 Å². The summed E-state index contributed by atoms with van der Waals surface area (Å²) in [7, 11) is 0. The van der Waals surface area contributed by atoms with E-state index >= 15 is 0 Å². The minimum absolute atomic E-state index is 0.0418. The molecule has 9 N–H and O–H groups in total. The largest absolute Gasteiger partial charge is 0.507 e.